The molecule has 6 heteroatoms. The van der Waals surface area contributed by atoms with E-state index in [1.54, 1.807) is 0 Å². The molecule has 108 valence electrons. The zero-order valence-corrected chi connectivity index (χ0v) is 12.3. The highest BCUT2D eigenvalue weighted by Gasteiger charge is 2.06. The predicted molar refractivity (Wildman–Crippen MR) is 81.7 cm³/mol. The van der Waals surface area contributed by atoms with E-state index in [0.717, 1.165) is 18.4 Å². The molecular weight excluding hydrogens is 274 g/mol. The standard InChI is InChI=1S/C14H19N3O2S/c1-2-3-9-12(18)15-14(20)17-16-13(19)10-11-7-5-4-6-8-11/h4-8H,2-3,9-10H2,1H3,(H,16,19)(H2,15,17,18,20). The second kappa shape index (κ2) is 9.03. The first kappa shape index (κ1) is 16.1. The van der Waals surface area contributed by atoms with E-state index < -0.39 is 0 Å². The summed E-state index contributed by atoms with van der Waals surface area (Å²) < 4.78 is 0. The number of carbonyl (C=O) groups is 2. The van der Waals surface area contributed by atoms with Crippen LogP contribution in [0.5, 0.6) is 0 Å². The van der Waals surface area contributed by atoms with Crippen molar-refractivity contribution in [1.82, 2.24) is 16.2 Å². The molecule has 1 rings (SSSR count). The lowest BCUT2D eigenvalue weighted by atomic mass is 10.1. The normalized spacial score (nSPS) is 9.65. The van der Waals surface area contributed by atoms with Crippen molar-refractivity contribution in [2.45, 2.75) is 32.6 Å². The van der Waals surface area contributed by atoms with Crippen LogP contribution in [0.2, 0.25) is 0 Å². The summed E-state index contributed by atoms with van der Waals surface area (Å²) in [6, 6.07) is 9.36. The van der Waals surface area contributed by atoms with E-state index >= 15 is 0 Å². The van der Waals surface area contributed by atoms with Gasteiger partial charge in [0.15, 0.2) is 5.11 Å². The van der Waals surface area contributed by atoms with Gasteiger partial charge in [0.1, 0.15) is 0 Å². The monoisotopic (exact) mass is 293 g/mol. The smallest absolute Gasteiger partial charge is 0.242 e. The first-order valence-corrected chi connectivity index (χ1v) is 6.95. The summed E-state index contributed by atoms with van der Waals surface area (Å²) in [5.41, 5.74) is 5.86. The van der Waals surface area contributed by atoms with Gasteiger partial charge in [0.2, 0.25) is 11.8 Å². The van der Waals surface area contributed by atoms with E-state index in [9.17, 15) is 9.59 Å². The van der Waals surface area contributed by atoms with Crippen molar-refractivity contribution in [1.29, 1.82) is 0 Å². The minimum Gasteiger partial charge on any atom is -0.302 e. The molecular formula is C14H19N3O2S. The van der Waals surface area contributed by atoms with Crippen molar-refractivity contribution in [2.75, 3.05) is 0 Å². The Labute approximate surface area is 124 Å². The average Bonchev–Trinajstić information content (AvgIpc) is 2.44. The highest BCUT2D eigenvalue weighted by Crippen LogP contribution is 1.98. The molecule has 0 fully saturated rings. The number of thiocarbonyl (C=S) groups is 1. The van der Waals surface area contributed by atoms with Crippen LogP contribution in [-0.2, 0) is 16.0 Å². The van der Waals surface area contributed by atoms with Gasteiger partial charge >= 0.3 is 0 Å². The average molecular weight is 293 g/mol. The van der Waals surface area contributed by atoms with E-state index in [1.807, 2.05) is 37.3 Å². The lowest BCUT2D eigenvalue weighted by Crippen LogP contribution is -2.48. The molecule has 0 atom stereocenters. The van der Waals surface area contributed by atoms with Crippen molar-refractivity contribution >= 4 is 29.1 Å². The summed E-state index contributed by atoms with van der Waals surface area (Å²) in [5, 5.41) is 2.60. The molecule has 0 radical (unpaired) electrons. The Bertz CT molecular complexity index is 463. The van der Waals surface area contributed by atoms with Crippen LogP contribution < -0.4 is 16.2 Å². The molecule has 0 spiro atoms. The summed E-state index contributed by atoms with van der Waals surface area (Å²) in [5.74, 6) is -0.372. The maximum absolute atomic E-state index is 11.6. The zero-order valence-electron chi connectivity index (χ0n) is 11.4. The zero-order chi connectivity index (χ0) is 14.8. The molecule has 0 aliphatic carbocycles. The summed E-state index contributed by atoms with van der Waals surface area (Å²) in [4.78, 5) is 23.0. The van der Waals surface area contributed by atoms with E-state index in [2.05, 4.69) is 16.2 Å². The third-order valence-electron chi connectivity index (χ3n) is 2.53. The van der Waals surface area contributed by atoms with Crippen LogP contribution in [0.4, 0.5) is 0 Å². The second-order valence-corrected chi connectivity index (χ2v) is 4.72. The van der Waals surface area contributed by atoms with Crippen LogP contribution in [0.1, 0.15) is 31.7 Å². The number of hydrazine groups is 1. The lowest BCUT2D eigenvalue weighted by Gasteiger charge is -2.10. The van der Waals surface area contributed by atoms with Gasteiger partial charge in [-0.05, 0) is 24.2 Å². The van der Waals surface area contributed by atoms with E-state index in [-0.39, 0.29) is 23.3 Å². The molecule has 2 amide bonds. The number of unbranched alkanes of at least 4 members (excludes halogenated alkanes) is 1. The van der Waals surface area contributed by atoms with E-state index in [1.165, 1.54) is 0 Å². The summed E-state index contributed by atoms with van der Waals surface area (Å²) in [6.45, 7) is 2.01. The van der Waals surface area contributed by atoms with Crippen LogP contribution in [0.3, 0.4) is 0 Å². The third kappa shape index (κ3) is 6.84. The molecule has 1 aromatic carbocycles. The second-order valence-electron chi connectivity index (χ2n) is 4.32. The number of benzene rings is 1. The van der Waals surface area contributed by atoms with Gasteiger partial charge in [0, 0.05) is 6.42 Å². The van der Waals surface area contributed by atoms with Crippen LogP contribution >= 0.6 is 12.2 Å². The molecule has 1 aromatic rings. The Kier molecular flexibility index (Phi) is 7.27. The van der Waals surface area contributed by atoms with Crippen molar-refractivity contribution in [3.63, 3.8) is 0 Å². The van der Waals surface area contributed by atoms with Gasteiger partial charge in [-0.3, -0.25) is 20.4 Å². The van der Waals surface area contributed by atoms with Crippen LogP contribution in [0.15, 0.2) is 30.3 Å². The summed E-state index contributed by atoms with van der Waals surface area (Å²) in [6.07, 6.45) is 2.44. The van der Waals surface area contributed by atoms with Crippen LogP contribution in [0.25, 0.3) is 0 Å². The summed E-state index contributed by atoms with van der Waals surface area (Å²) >= 11 is 4.91. The number of hydrogen-bond donors (Lipinski definition) is 3. The molecule has 0 unspecified atom stereocenters. The Balaban J connectivity index is 2.23. The largest absolute Gasteiger partial charge is 0.302 e. The van der Waals surface area contributed by atoms with Crippen molar-refractivity contribution in [3.05, 3.63) is 35.9 Å². The van der Waals surface area contributed by atoms with Gasteiger partial charge in [-0.25, -0.2) is 0 Å². The predicted octanol–water partition coefficient (Wildman–Crippen LogP) is 1.44. The molecule has 0 bridgehead atoms. The number of amides is 2. The van der Waals surface area contributed by atoms with E-state index in [4.69, 9.17) is 12.2 Å². The quantitative estimate of drug-likeness (QED) is 0.567. The maximum atomic E-state index is 11.6. The Morgan fingerprint density at radius 2 is 1.80 bits per heavy atom. The van der Waals surface area contributed by atoms with Gasteiger partial charge in [-0.15, -0.1) is 0 Å². The number of nitrogens with one attached hydrogen (secondary N) is 3. The minimum atomic E-state index is -0.221. The van der Waals surface area contributed by atoms with Crippen molar-refractivity contribution in [2.24, 2.45) is 0 Å². The SMILES string of the molecule is CCCCC(=O)NC(=S)NNC(=O)Cc1ccccc1. The Morgan fingerprint density at radius 1 is 1.10 bits per heavy atom. The molecule has 0 saturated heterocycles. The maximum Gasteiger partial charge on any atom is 0.242 e. The van der Waals surface area contributed by atoms with E-state index in [0.29, 0.717) is 6.42 Å². The molecule has 0 saturated carbocycles. The number of rotatable bonds is 5. The first-order chi connectivity index (χ1) is 9.61. The highest BCUT2D eigenvalue weighted by molar-refractivity contribution is 7.80. The number of hydrogen-bond acceptors (Lipinski definition) is 3. The Hall–Kier alpha value is -1.95. The van der Waals surface area contributed by atoms with Gasteiger partial charge in [0.05, 0.1) is 6.42 Å². The molecule has 0 aromatic heterocycles. The topological polar surface area (TPSA) is 70.2 Å². The van der Waals surface area contributed by atoms with Gasteiger partial charge in [-0.1, -0.05) is 43.7 Å². The van der Waals surface area contributed by atoms with Crippen LogP contribution in [0, 0.1) is 0 Å². The molecule has 5 nitrogen and oxygen atoms in total. The van der Waals surface area contributed by atoms with Gasteiger partial charge < -0.3 is 5.32 Å². The first-order valence-electron chi connectivity index (χ1n) is 6.54. The molecule has 3 N–H and O–H groups in total. The molecule has 0 aliphatic heterocycles. The fourth-order valence-electron chi connectivity index (χ4n) is 1.51. The summed E-state index contributed by atoms with van der Waals surface area (Å²) in [7, 11) is 0. The fraction of sp³-hybridized carbons (Fsp3) is 0.357. The minimum absolute atomic E-state index is 0.104. The van der Waals surface area contributed by atoms with Crippen molar-refractivity contribution in [3.8, 4) is 0 Å². The Morgan fingerprint density at radius 3 is 2.45 bits per heavy atom. The molecule has 20 heavy (non-hydrogen) atoms. The van der Waals surface area contributed by atoms with Crippen LogP contribution in [-0.4, -0.2) is 16.9 Å². The fourth-order valence-corrected chi connectivity index (χ4v) is 1.67. The van der Waals surface area contributed by atoms with Crippen molar-refractivity contribution < 1.29 is 9.59 Å². The van der Waals surface area contributed by atoms with Gasteiger partial charge in [0.25, 0.3) is 0 Å². The molecule has 0 aliphatic rings. The number of carbonyl (C=O) groups excluding carboxylic acids is 2. The highest BCUT2D eigenvalue weighted by atomic mass is 32.1. The lowest BCUT2D eigenvalue weighted by molar-refractivity contribution is -0.122. The molecule has 0 heterocycles. The van der Waals surface area contributed by atoms with Gasteiger partial charge in [-0.2, -0.15) is 0 Å². The third-order valence-corrected chi connectivity index (χ3v) is 2.74.